The zero-order valence-electron chi connectivity index (χ0n) is 9.79. The molecule has 2 rings (SSSR count). The first-order valence-electron chi connectivity index (χ1n) is 6.13. The van der Waals surface area contributed by atoms with Crippen LogP contribution in [0.4, 0.5) is 0 Å². The summed E-state index contributed by atoms with van der Waals surface area (Å²) < 4.78 is 10.9. The van der Waals surface area contributed by atoms with Crippen LogP contribution >= 0.6 is 0 Å². The molecule has 2 saturated heterocycles. The van der Waals surface area contributed by atoms with Crippen molar-refractivity contribution in [2.24, 2.45) is 0 Å². The highest BCUT2D eigenvalue weighted by atomic mass is 16.6. The van der Waals surface area contributed by atoms with Gasteiger partial charge in [-0.1, -0.05) is 0 Å². The lowest BCUT2D eigenvalue weighted by atomic mass is 10.0. The predicted molar refractivity (Wildman–Crippen MR) is 59.4 cm³/mol. The van der Waals surface area contributed by atoms with Crippen molar-refractivity contribution in [3.63, 3.8) is 0 Å². The van der Waals surface area contributed by atoms with Crippen LogP contribution in [-0.4, -0.2) is 65.7 Å². The summed E-state index contributed by atoms with van der Waals surface area (Å²) >= 11 is 0. The summed E-state index contributed by atoms with van der Waals surface area (Å²) in [6, 6.07) is -0.127. The van der Waals surface area contributed by atoms with Crippen molar-refractivity contribution in [3.05, 3.63) is 0 Å². The van der Waals surface area contributed by atoms with Gasteiger partial charge < -0.3 is 24.8 Å². The maximum Gasteiger partial charge on any atom is 0.111 e. The Morgan fingerprint density at radius 1 is 1.12 bits per heavy atom. The van der Waals surface area contributed by atoms with Crippen LogP contribution in [0.5, 0.6) is 0 Å². The third-order valence-corrected chi connectivity index (χ3v) is 3.19. The van der Waals surface area contributed by atoms with E-state index in [0.29, 0.717) is 32.5 Å². The van der Waals surface area contributed by atoms with Gasteiger partial charge in [0, 0.05) is 18.9 Å². The van der Waals surface area contributed by atoms with Gasteiger partial charge in [-0.2, -0.15) is 0 Å². The van der Waals surface area contributed by atoms with E-state index in [0.717, 1.165) is 0 Å². The van der Waals surface area contributed by atoms with Crippen molar-refractivity contribution in [1.29, 1.82) is 0 Å². The van der Waals surface area contributed by atoms with Gasteiger partial charge >= 0.3 is 0 Å². The van der Waals surface area contributed by atoms with Crippen LogP contribution < -0.4 is 5.32 Å². The lowest BCUT2D eigenvalue weighted by Crippen LogP contribution is -2.52. The van der Waals surface area contributed by atoms with Crippen LogP contribution in [0.2, 0.25) is 0 Å². The largest absolute Gasteiger partial charge is 0.395 e. The zero-order chi connectivity index (χ0) is 12.3. The SMILES string of the molecule is OCC1C[C@@H](O)C[C@@H](O[C@H]2COC[C@@H](O)C2)N1. The average Bonchev–Trinajstić information content (AvgIpc) is 2.28. The molecular weight excluding hydrogens is 226 g/mol. The third-order valence-electron chi connectivity index (χ3n) is 3.19. The molecule has 0 radical (unpaired) electrons. The standard InChI is InChI=1S/C11H21NO5/c13-4-7-1-8(14)3-11(12-7)17-10-2-9(15)5-16-6-10/h7-15H,1-6H2/t7?,8-,9+,10-,11-/m1/s1. The van der Waals surface area contributed by atoms with Crippen molar-refractivity contribution in [3.8, 4) is 0 Å². The molecule has 17 heavy (non-hydrogen) atoms. The lowest BCUT2D eigenvalue weighted by molar-refractivity contribution is -0.145. The van der Waals surface area contributed by atoms with E-state index in [-0.39, 0.29) is 25.0 Å². The first kappa shape index (κ1) is 13.2. The molecule has 6 nitrogen and oxygen atoms in total. The fourth-order valence-electron chi connectivity index (χ4n) is 2.40. The molecule has 2 fully saturated rings. The Hall–Kier alpha value is -0.240. The molecule has 0 amide bonds. The summed E-state index contributed by atoms with van der Waals surface area (Å²) in [5.74, 6) is 0. The number of hydrogen-bond acceptors (Lipinski definition) is 6. The molecule has 2 aliphatic heterocycles. The fraction of sp³-hybridized carbons (Fsp3) is 1.00. The zero-order valence-corrected chi connectivity index (χ0v) is 9.79. The van der Waals surface area contributed by atoms with Gasteiger partial charge in [-0.25, -0.2) is 0 Å². The summed E-state index contributed by atoms with van der Waals surface area (Å²) in [5.41, 5.74) is 0. The minimum absolute atomic E-state index is 0.0132. The van der Waals surface area contributed by atoms with Gasteiger partial charge in [-0.15, -0.1) is 0 Å². The molecule has 0 aliphatic carbocycles. The molecule has 0 spiro atoms. The van der Waals surface area contributed by atoms with Gasteiger partial charge in [0.25, 0.3) is 0 Å². The second-order valence-corrected chi connectivity index (χ2v) is 4.85. The van der Waals surface area contributed by atoms with Crippen molar-refractivity contribution in [1.82, 2.24) is 5.32 Å². The summed E-state index contributed by atoms with van der Waals surface area (Å²) in [6.45, 7) is 0.815. The van der Waals surface area contributed by atoms with Crippen LogP contribution in [0.15, 0.2) is 0 Å². The number of aliphatic hydroxyl groups is 3. The van der Waals surface area contributed by atoms with E-state index >= 15 is 0 Å². The number of nitrogens with one attached hydrogen (secondary N) is 1. The molecule has 0 saturated carbocycles. The quantitative estimate of drug-likeness (QED) is 0.489. The summed E-state index contributed by atoms with van der Waals surface area (Å²) in [6.07, 6.45) is 0.237. The van der Waals surface area contributed by atoms with Gasteiger partial charge in [0.05, 0.1) is 38.1 Å². The summed E-state index contributed by atoms with van der Waals surface area (Å²) in [7, 11) is 0. The smallest absolute Gasteiger partial charge is 0.111 e. The van der Waals surface area contributed by atoms with Crippen molar-refractivity contribution in [2.45, 2.75) is 49.8 Å². The number of ether oxygens (including phenoxy) is 2. The molecular formula is C11H21NO5. The van der Waals surface area contributed by atoms with Gasteiger partial charge in [0.1, 0.15) is 6.23 Å². The minimum atomic E-state index is -0.476. The van der Waals surface area contributed by atoms with Crippen LogP contribution in [0, 0.1) is 0 Å². The Kier molecular flexibility index (Phi) is 4.72. The third kappa shape index (κ3) is 3.87. The van der Waals surface area contributed by atoms with E-state index < -0.39 is 12.2 Å². The van der Waals surface area contributed by atoms with Gasteiger partial charge in [-0.3, -0.25) is 5.32 Å². The number of rotatable bonds is 3. The summed E-state index contributed by atoms with van der Waals surface area (Å²) in [4.78, 5) is 0. The predicted octanol–water partition coefficient (Wildman–Crippen LogP) is -1.42. The van der Waals surface area contributed by atoms with E-state index in [1.807, 2.05) is 0 Å². The Labute approximate surface area is 101 Å². The highest BCUT2D eigenvalue weighted by Crippen LogP contribution is 2.19. The molecule has 2 heterocycles. The maximum atomic E-state index is 9.65. The molecule has 5 atom stereocenters. The number of hydrogen-bond donors (Lipinski definition) is 4. The van der Waals surface area contributed by atoms with Crippen LogP contribution in [0.25, 0.3) is 0 Å². The Bertz CT molecular complexity index is 240. The van der Waals surface area contributed by atoms with Crippen LogP contribution in [0.3, 0.4) is 0 Å². The molecule has 0 aromatic rings. The second-order valence-electron chi connectivity index (χ2n) is 4.85. The van der Waals surface area contributed by atoms with E-state index in [4.69, 9.17) is 14.6 Å². The molecule has 0 bridgehead atoms. The van der Waals surface area contributed by atoms with Crippen LogP contribution in [-0.2, 0) is 9.47 Å². The van der Waals surface area contributed by atoms with Crippen molar-refractivity contribution < 1.29 is 24.8 Å². The molecule has 0 aromatic heterocycles. The number of piperidine rings is 1. The molecule has 6 heteroatoms. The Morgan fingerprint density at radius 3 is 2.65 bits per heavy atom. The monoisotopic (exact) mass is 247 g/mol. The van der Waals surface area contributed by atoms with Crippen LogP contribution in [0.1, 0.15) is 19.3 Å². The van der Waals surface area contributed by atoms with Gasteiger partial charge in [0.2, 0.25) is 0 Å². The van der Waals surface area contributed by atoms with Crippen molar-refractivity contribution in [2.75, 3.05) is 19.8 Å². The molecule has 4 N–H and O–H groups in total. The Morgan fingerprint density at radius 2 is 1.94 bits per heavy atom. The fourth-order valence-corrected chi connectivity index (χ4v) is 2.40. The highest BCUT2D eigenvalue weighted by molar-refractivity contribution is 4.82. The molecule has 2 aliphatic rings. The van der Waals surface area contributed by atoms with E-state index in [1.165, 1.54) is 0 Å². The van der Waals surface area contributed by atoms with Crippen molar-refractivity contribution >= 4 is 0 Å². The summed E-state index contributed by atoms with van der Waals surface area (Å²) in [5, 5.41) is 31.3. The molecule has 0 aromatic carbocycles. The normalized spacial score (nSPS) is 43.6. The second kappa shape index (κ2) is 6.08. The van der Waals surface area contributed by atoms with E-state index in [1.54, 1.807) is 0 Å². The highest BCUT2D eigenvalue weighted by Gasteiger charge is 2.30. The van der Waals surface area contributed by atoms with E-state index in [2.05, 4.69) is 5.32 Å². The molecule has 1 unspecified atom stereocenters. The average molecular weight is 247 g/mol. The Balaban J connectivity index is 1.80. The first-order chi connectivity index (χ1) is 8.17. The van der Waals surface area contributed by atoms with E-state index in [9.17, 15) is 10.2 Å². The number of aliphatic hydroxyl groups excluding tert-OH is 3. The first-order valence-corrected chi connectivity index (χ1v) is 6.13. The topological polar surface area (TPSA) is 91.2 Å². The molecule has 100 valence electrons. The minimum Gasteiger partial charge on any atom is -0.395 e. The lowest BCUT2D eigenvalue weighted by Gasteiger charge is -2.36. The van der Waals surface area contributed by atoms with Gasteiger partial charge in [0.15, 0.2) is 0 Å². The maximum absolute atomic E-state index is 9.65. The van der Waals surface area contributed by atoms with Gasteiger partial charge in [-0.05, 0) is 6.42 Å².